The first kappa shape index (κ1) is 46.9. The molecule has 0 atom stereocenters. The predicted molar refractivity (Wildman–Crippen MR) is 258 cm³/mol. The van der Waals surface area contributed by atoms with E-state index in [4.69, 9.17) is 19.9 Å². The smallest absolute Gasteiger partial charge is 0.160 e. The number of aromatic nitrogens is 3. The maximum absolute atomic E-state index is 5.25. The van der Waals surface area contributed by atoms with Crippen LogP contribution in [0.15, 0.2) is 120 Å². The number of hydrogen-bond donors (Lipinski definition) is 0. The van der Waals surface area contributed by atoms with E-state index in [1.54, 1.807) is 0 Å². The van der Waals surface area contributed by atoms with Gasteiger partial charge in [-0.25, -0.2) is 19.9 Å². The van der Waals surface area contributed by atoms with Crippen molar-refractivity contribution >= 4 is 39.7 Å². The average Bonchev–Trinajstić information content (AvgIpc) is 3.50. The van der Waals surface area contributed by atoms with Gasteiger partial charge in [-0.2, -0.15) is 0 Å². The summed E-state index contributed by atoms with van der Waals surface area (Å²) in [7, 11) is 0. The second-order valence-corrected chi connectivity index (χ2v) is 13.9. The van der Waals surface area contributed by atoms with Gasteiger partial charge in [-0.05, 0) is 116 Å². The van der Waals surface area contributed by atoms with Crippen molar-refractivity contribution in [3.63, 3.8) is 0 Å². The third-order valence-electron chi connectivity index (χ3n) is 9.97. The molecule has 5 aromatic rings. The van der Waals surface area contributed by atoms with Crippen molar-refractivity contribution in [2.45, 2.75) is 122 Å². The van der Waals surface area contributed by atoms with Gasteiger partial charge in [0.15, 0.2) is 11.6 Å². The molecular formula is C54H68N4. The molecule has 2 aliphatic carbocycles. The fourth-order valence-electron chi connectivity index (χ4n) is 7.39. The van der Waals surface area contributed by atoms with E-state index in [9.17, 15) is 0 Å². The van der Waals surface area contributed by atoms with E-state index in [0.29, 0.717) is 0 Å². The highest BCUT2D eigenvalue weighted by Crippen LogP contribution is 2.50. The van der Waals surface area contributed by atoms with Gasteiger partial charge in [-0.3, -0.25) is 0 Å². The number of benzene rings is 3. The zero-order valence-electron chi connectivity index (χ0n) is 38.2. The number of aryl methyl sites for hydroxylation is 2. The summed E-state index contributed by atoms with van der Waals surface area (Å²) in [5.41, 5.74) is 15.9. The molecule has 0 spiro atoms. The molecule has 2 aromatic heterocycles. The Labute approximate surface area is 351 Å². The first-order valence-corrected chi connectivity index (χ1v) is 21.6. The van der Waals surface area contributed by atoms with E-state index in [2.05, 4.69) is 130 Å². The van der Waals surface area contributed by atoms with Crippen LogP contribution in [0.3, 0.4) is 0 Å². The summed E-state index contributed by atoms with van der Waals surface area (Å²) in [4.78, 5) is 20.0. The van der Waals surface area contributed by atoms with Crippen molar-refractivity contribution in [1.29, 1.82) is 0 Å². The van der Waals surface area contributed by atoms with E-state index >= 15 is 0 Å². The summed E-state index contributed by atoms with van der Waals surface area (Å²) in [6.45, 7) is 30.9. The molecule has 2 aliphatic rings. The molecule has 0 fully saturated rings. The van der Waals surface area contributed by atoms with Crippen molar-refractivity contribution in [1.82, 2.24) is 15.0 Å². The van der Waals surface area contributed by atoms with Gasteiger partial charge < -0.3 is 0 Å². The molecule has 0 N–H and O–H groups in total. The second-order valence-electron chi connectivity index (χ2n) is 13.9. The first-order chi connectivity index (χ1) is 28.2. The monoisotopic (exact) mass is 773 g/mol. The third kappa shape index (κ3) is 10.3. The molecule has 2 heterocycles. The van der Waals surface area contributed by atoms with E-state index in [1.165, 1.54) is 22.3 Å². The molecule has 4 nitrogen and oxygen atoms in total. The molecule has 0 aliphatic heterocycles. The summed E-state index contributed by atoms with van der Waals surface area (Å²) in [5.74, 6) is 1.51. The van der Waals surface area contributed by atoms with Crippen LogP contribution in [0.2, 0.25) is 0 Å². The number of para-hydroxylation sites is 1. The molecule has 304 valence electrons. The Hall–Kier alpha value is -5.48. The number of pyridine rings is 1. The van der Waals surface area contributed by atoms with Crippen molar-refractivity contribution < 1.29 is 0 Å². The highest BCUT2D eigenvalue weighted by atomic mass is 14.9. The summed E-state index contributed by atoms with van der Waals surface area (Å²) in [6.07, 6.45) is 17.3. The number of hydrogen-bond acceptors (Lipinski definition) is 4. The van der Waals surface area contributed by atoms with Crippen molar-refractivity contribution in [3.05, 3.63) is 148 Å². The first-order valence-electron chi connectivity index (χ1n) is 21.6. The lowest BCUT2D eigenvalue weighted by molar-refractivity contribution is 0.651. The number of allylic oxidation sites excluding steroid dienone is 9. The molecule has 7 rings (SSSR count). The molecule has 0 unspecified atom stereocenters. The molecule has 0 saturated heterocycles. The lowest BCUT2D eigenvalue weighted by atomic mass is 9.79. The van der Waals surface area contributed by atoms with Gasteiger partial charge in [0.1, 0.15) is 0 Å². The van der Waals surface area contributed by atoms with Crippen molar-refractivity contribution in [2.75, 3.05) is 0 Å². The minimum Gasteiger partial charge on any atom is -0.234 e. The Bertz CT molecular complexity index is 2330. The molecule has 0 saturated carbocycles. The zero-order chi connectivity index (χ0) is 43.0. The third-order valence-corrected chi connectivity index (χ3v) is 9.97. The van der Waals surface area contributed by atoms with Crippen LogP contribution in [0.25, 0.3) is 50.8 Å². The fourth-order valence-corrected chi connectivity index (χ4v) is 7.39. The Balaban J connectivity index is 0.00000106. The van der Waals surface area contributed by atoms with E-state index in [-0.39, 0.29) is 5.41 Å². The Morgan fingerprint density at radius 2 is 1.43 bits per heavy atom. The number of nitrogens with zero attached hydrogens (tertiary/aromatic N) is 4. The van der Waals surface area contributed by atoms with Crippen LogP contribution in [0.5, 0.6) is 0 Å². The Morgan fingerprint density at radius 3 is 2.10 bits per heavy atom. The van der Waals surface area contributed by atoms with Gasteiger partial charge in [-0.15, -0.1) is 0 Å². The Morgan fingerprint density at radius 1 is 0.759 bits per heavy atom. The highest BCUT2D eigenvalue weighted by Gasteiger charge is 2.37. The molecule has 0 bridgehead atoms. The van der Waals surface area contributed by atoms with Crippen LogP contribution >= 0.6 is 0 Å². The van der Waals surface area contributed by atoms with E-state index < -0.39 is 0 Å². The van der Waals surface area contributed by atoms with Crippen LogP contribution in [-0.2, 0) is 5.41 Å². The lowest BCUT2D eigenvalue weighted by Gasteiger charge is -2.24. The average molecular weight is 773 g/mol. The molecular weight excluding hydrogens is 705 g/mol. The molecule has 4 heteroatoms. The van der Waals surface area contributed by atoms with Crippen molar-refractivity contribution in [2.24, 2.45) is 4.99 Å². The van der Waals surface area contributed by atoms with Crippen LogP contribution < -0.4 is 0 Å². The SMILES string of the molecule is C/C=C\C(=C/C(C)=Nc1nc(C)c(/C=C\C)cc1C)c1ccc(-c2nc(-c3ccc4c(c3)C(C)(C)C3=C4CCC=C3)nc3ccccc23)cc1.CC.CC.CC.CC. The van der Waals surface area contributed by atoms with Crippen LogP contribution in [-0.4, -0.2) is 20.7 Å². The van der Waals surface area contributed by atoms with Gasteiger partial charge >= 0.3 is 0 Å². The van der Waals surface area contributed by atoms with E-state index in [0.717, 1.165) is 85.9 Å². The van der Waals surface area contributed by atoms with Crippen LogP contribution in [0, 0.1) is 13.8 Å². The normalized spacial score (nSPS) is 14.1. The predicted octanol–water partition coefficient (Wildman–Crippen LogP) is 16.3. The van der Waals surface area contributed by atoms with Crippen LogP contribution in [0.4, 0.5) is 5.82 Å². The summed E-state index contributed by atoms with van der Waals surface area (Å²) in [5, 5.41) is 1.04. The molecule has 0 amide bonds. The lowest BCUT2D eigenvalue weighted by Crippen LogP contribution is -2.16. The summed E-state index contributed by atoms with van der Waals surface area (Å²) < 4.78 is 0. The molecule has 58 heavy (non-hydrogen) atoms. The van der Waals surface area contributed by atoms with E-state index in [1.807, 2.05) is 89.2 Å². The van der Waals surface area contributed by atoms with Gasteiger partial charge in [0.25, 0.3) is 0 Å². The standard InChI is InChI=1S/C46H44N4.4C2H6/c1-8-14-34-26-29(3)44(48-31(34)5)47-30(4)27-35(15-9-2)32-20-22-33(23-21-32)43-39-17-11-13-19-42(39)49-45(50-43)36-24-25-38-37-16-10-12-18-40(37)46(6,7)41(38)28-36;4*1-2/h8-9,11-15,17-28H,10,16H2,1-7H3;4*1-2H3/b14-8-,15-9-,35-27+,47-30?;;;;. The van der Waals surface area contributed by atoms with Gasteiger partial charge in [0.05, 0.1) is 11.2 Å². The Kier molecular flexibility index (Phi) is 18.2. The molecule has 0 radical (unpaired) electrons. The van der Waals surface area contributed by atoms with Gasteiger partial charge in [-0.1, -0.05) is 160 Å². The number of aliphatic imine (C=N–C) groups is 1. The quantitative estimate of drug-likeness (QED) is 0.122. The second kappa shape index (κ2) is 22.5. The van der Waals surface area contributed by atoms with Crippen LogP contribution in [0.1, 0.15) is 136 Å². The van der Waals surface area contributed by atoms with Crippen molar-refractivity contribution in [3.8, 4) is 22.6 Å². The van der Waals surface area contributed by atoms with Gasteiger partial charge in [0, 0.05) is 33.3 Å². The number of fused-ring (bicyclic) bond motifs is 3. The minimum absolute atomic E-state index is 0.0422. The number of rotatable bonds is 7. The van der Waals surface area contributed by atoms with Gasteiger partial charge in [0.2, 0.25) is 0 Å². The highest BCUT2D eigenvalue weighted by molar-refractivity contribution is 6.02. The fraction of sp³-hybridized carbons (Fsp3) is 0.333. The largest absolute Gasteiger partial charge is 0.234 e. The molecule has 3 aromatic carbocycles. The maximum atomic E-state index is 5.25. The topological polar surface area (TPSA) is 51.0 Å². The summed E-state index contributed by atoms with van der Waals surface area (Å²) in [6, 6.07) is 26.0. The summed E-state index contributed by atoms with van der Waals surface area (Å²) >= 11 is 0. The zero-order valence-corrected chi connectivity index (χ0v) is 38.2. The maximum Gasteiger partial charge on any atom is 0.160 e. The minimum atomic E-state index is -0.0422.